The Morgan fingerprint density at radius 1 is 1.29 bits per heavy atom. The van der Waals surface area contributed by atoms with Crippen LogP contribution < -0.4 is 10.5 Å². The maximum Gasteiger partial charge on any atom is 0.289 e. The molecule has 0 aliphatic carbocycles. The summed E-state index contributed by atoms with van der Waals surface area (Å²) in [7, 11) is 0. The Morgan fingerprint density at radius 2 is 1.96 bits per heavy atom. The molecule has 9 heteroatoms. The molecule has 0 aliphatic heterocycles. The molecule has 0 spiro atoms. The van der Waals surface area contributed by atoms with Crippen LogP contribution in [0.4, 0.5) is 14.5 Å². The van der Waals surface area contributed by atoms with Gasteiger partial charge < -0.3 is 15.2 Å². The van der Waals surface area contributed by atoms with Crippen molar-refractivity contribution in [2.45, 2.75) is 25.0 Å². The van der Waals surface area contributed by atoms with Crippen LogP contribution in [0.15, 0.2) is 48.5 Å². The van der Waals surface area contributed by atoms with Gasteiger partial charge in [0.05, 0.1) is 11.0 Å². The maximum absolute atomic E-state index is 14.4. The van der Waals surface area contributed by atoms with Gasteiger partial charge in [0, 0.05) is 17.7 Å². The van der Waals surface area contributed by atoms with Crippen molar-refractivity contribution >= 4 is 5.69 Å². The highest BCUT2D eigenvalue weighted by Gasteiger charge is 2.40. The van der Waals surface area contributed by atoms with E-state index in [-0.39, 0.29) is 17.0 Å². The first kappa shape index (κ1) is 21.2. The van der Waals surface area contributed by atoms with E-state index in [4.69, 9.17) is 15.7 Å². The number of hydrogen-bond donors (Lipinski definition) is 1. The van der Waals surface area contributed by atoms with Crippen LogP contribution in [0.1, 0.15) is 30.2 Å². The van der Waals surface area contributed by atoms with E-state index in [0.717, 1.165) is 17.7 Å². The molecular formula is C19H19F2N3O4. The second kappa shape index (κ2) is 9.21. The predicted octanol–water partition coefficient (Wildman–Crippen LogP) is 3.91. The number of halogens is 2. The molecule has 2 aromatic rings. The first-order valence-corrected chi connectivity index (χ1v) is 8.34. The zero-order chi connectivity index (χ0) is 20.7. The maximum atomic E-state index is 14.4. The third kappa shape index (κ3) is 5.22. The molecule has 0 heterocycles. The Morgan fingerprint density at radius 3 is 2.57 bits per heavy atom. The lowest BCUT2D eigenvalue weighted by Gasteiger charge is -2.26. The van der Waals surface area contributed by atoms with Crippen molar-refractivity contribution in [2.75, 3.05) is 13.2 Å². The molecule has 2 aromatic carbocycles. The Balaban J connectivity index is 2.35. The van der Waals surface area contributed by atoms with Gasteiger partial charge in [0.15, 0.2) is 0 Å². The van der Waals surface area contributed by atoms with Crippen molar-refractivity contribution in [3.63, 3.8) is 0 Å². The van der Waals surface area contributed by atoms with Gasteiger partial charge in [-0.25, -0.2) is 8.78 Å². The summed E-state index contributed by atoms with van der Waals surface area (Å²) in [4.78, 5) is 10.4. The summed E-state index contributed by atoms with van der Waals surface area (Å²) in [5.41, 5.74) is 5.91. The second-order valence-corrected chi connectivity index (χ2v) is 6.04. The number of benzene rings is 2. The van der Waals surface area contributed by atoms with E-state index in [2.05, 4.69) is 4.74 Å². The number of ether oxygens (including phenoxy) is 2. The van der Waals surface area contributed by atoms with Gasteiger partial charge in [0.2, 0.25) is 0 Å². The minimum absolute atomic E-state index is 0.00871. The predicted molar refractivity (Wildman–Crippen MR) is 96.9 cm³/mol. The number of nitrogens with zero attached hydrogens (tertiary/aromatic N) is 2. The number of hydrogen-bond acceptors (Lipinski definition) is 6. The van der Waals surface area contributed by atoms with Crippen molar-refractivity contribution in [3.05, 3.63) is 69.8 Å². The van der Waals surface area contributed by atoms with Gasteiger partial charge in [-0.1, -0.05) is 30.3 Å². The molecular weight excluding hydrogens is 372 g/mol. The fourth-order valence-electron chi connectivity index (χ4n) is 2.53. The van der Waals surface area contributed by atoms with Gasteiger partial charge in [-0.3, -0.25) is 10.1 Å². The number of non-ortho nitro benzene ring substituents is 1. The normalized spacial score (nSPS) is 13.4. The summed E-state index contributed by atoms with van der Waals surface area (Å²) in [6, 6.07) is 12.1. The zero-order valence-corrected chi connectivity index (χ0v) is 15.0. The van der Waals surface area contributed by atoms with Crippen LogP contribution in [0.25, 0.3) is 0 Å². The molecule has 0 aliphatic rings. The summed E-state index contributed by atoms with van der Waals surface area (Å²) in [5, 5.41) is 19.5. The number of nitro groups is 1. The van der Waals surface area contributed by atoms with Gasteiger partial charge in [-0.15, -0.1) is 0 Å². The molecule has 28 heavy (non-hydrogen) atoms. The average molecular weight is 391 g/mol. The Hall–Kier alpha value is -3.09. The fourth-order valence-corrected chi connectivity index (χ4v) is 2.53. The summed E-state index contributed by atoms with van der Waals surface area (Å²) in [5.74, 6) is -3.56. The molecule has 2 N–H and O–H groups in total. The summed E-state index contributed by atoms with van der Waals surface area (Å²) in [6.07, 6.45) is -0.503. The van der Waals surface area contributed by atoms with Crippen molar-refractivity contribution < 1.29 is 23.2 Å². The van der Waals surface area contributed by atoms with Crippen molar-refractivity contribution in [1.82, 2.24) is 0 Å². The van der Waals surface area contributed by atoms with Crippen LogP contribution in [0, 0.1) is 21.4 Å². The topological polar surface area (TPSA) is 111 Å². The average Bonchev–Trinajstić information content (AvgIpc) is 2.68. The number of nitrogens with two attached hydrogens (primary N) is 1. The molecule has 0 fully saturated rings. The Bertz CT molecular complexity index is 856. The minimum atomic E-state index is -3.57. The Labute approximate surface area is 160 Å². The van der Waals surface area contributed by atoms with Gasteiger partial charge in [0.1, 0.15) is 31.1 Å². The molecule has 0 amide bonds. The number of rotatable bonds is 9. The molecule has 0 aromatic heterocycles. The van der Waals surface area contributed by atoms with Crippen molar-refractivity contribution in [3.8, 4) is 11.8 Å². The van der Waals surface area contributed by atoms with E-state index in [9.17, 15) is 18.9 Å². The van der Waals surface area contributed by atoms with Crippen LogP contribution in [0.5, 0.6) is 5.75 Å². The molecule has 7 nitrogen and oxygen atoms in total. The number of nitriles is 1. The molecule has 2 rings (SSSR count). The lowest BCUT2D eigenvalue weighted by atomic mass is 9.99. The van der Waals surface area contributed by atoms with Crippen LogP contribution in [0.2, 0.25) is 0 Å². The van der Waals surface area contributed by atoms with E-state index in [1.807, 2.05) is 6.07 Å². The quantitative estimate of drug-likeness (QED) is 0.394. The van der Waals surface area contributed by atoms with Crippen molar-refractivity contribution in [2.24, 2.45) is 5.73 Å². The lowest BCUT2D eigenvalue weighted by molar-refractivity contribution is -0.385. The summed E-state index contributed by atoms with van der Waals surface area (Å²) in [6.45, 7) is 0.101. The highest BCUT2D eigenvalue weighted by atomic mass is 19.3. The monoisotopic (exact) mass is 391 g/mol. The molecule has 0 radical (unpaired) electrons. The molecule has 0 saturated carbocycles. The zero-order valence-electron chi connectivity index (χ0n) is 15.0. The minimum Gasteiger partial charge on any atom is -0.486 e. The van der Waals surface area contributed by atoms with Gasteiger partial charge in [0.25, 0.3) is 11.6 Å². The second-order valence-electron chi connectivity index (χ2n) is 6.04. The third-order valence-electron chi connectivity index (χ3n) is 4.03. The lowest BCUT2D eigenvalue weighted by Crippen LogP contribution is -2.37. The Kier molecular flexibility index (Phi) is 6.98. The largest absolute Gasteiger partial charge is 0.486 e. The van der Waals surface area contributed by atoms with E-state index in [0.29, 0.717) is 0 Å². The molecule has 0 bridgehead atoms. The standard InChI is InChI=1S/C19H19F2N3O4/c1-13(14-5-3-2-4-6-14)28-17-8-7-15(24(25)26)11-16(17)18(23)19(20,21)12-27-10-9-22/h2-8,11,13,18H,10,12,23H2,1H3. The van der Waals surface area contributed by atoms with Gasteiger partial charge in [-0.2, -0.15) is 5.26 Å². The highest BCUT2D eigenvalue weighted by Crippen LogP contribution is 2.38. The summed E-state index contributed by atoms with van der Waals surface area (Å²) < 4.78 is 39.2. The van der Waals surface area contributed by atoms with E-state index < -0.39 is 36.2 Å². The van der Waals surface area contributed by atoms with E-state index >= 15 is 0 Å². The number of nitro benzene ring substituents is 1. The molecule has 0 saturated heterocycles. The van der Waals surface area contributed by atoms with E-state index in [1.165, 1.54) is 6.07 Å². The fraction of sp³-hybridized carbons (Fsp3) is 0.316. The van der Waals surface area contributed by atoms with Crippen LogP contribution >= 0.6 is 0 Å². The van der Waals surface area contributed by atoms with Gasteiger partial charge >= 0.3 is 0 Å². The number of alkyl halides is 2. The van der Waals surface area contributed by atoms with E-state index in [1.54, 1.807) is 37.3 Å². The SMILES string of the molecule is CC(Oc1ccc([N+](=O)[O-])cc1C(N)C(F)(F)COCC#N)c1ccccc1. The first-order chi connectivity index (χ1) is 13.3. The van der Waals surface area contributed by atoms with Crippen molar-refractivity contribution in [1.29, 1.82) is 5.26 Å². The first-order valence-electron chi connectivity index (χ1n) is 8.34. The van der Waals surface area contributed by atoms with Crippen LogP contribution in [-0.2, 0) is 4.74 Å². The molecule has 2 atom stereocenters. The van der Waals surface area contributed by atoms with Crippen LogP contribution in [-0.4, -0.2) is 24.1 Å². The molecule has 2 unspecified atom stereocenters. The van der Waals surface area contributed by atoms with Gasteiger partial charge in [-0.05, 0) is 18.6 Å². The van der Waals surface area contributed by atoms with Crippen LogP contribution in [0.3, 0.4) is 0 Å². The third-order valence-corrected chi connectivity index (χ3v) is 4.03. The summed E-state index contributed by atoms with van der Waals surface area (Å²) >= 11 is 0. The smallest absolute Gasteiger partial charge is 0.289 e. The molecule has 148 valence electrons. The highest BCUT2D eigenvalue weighted by molar-refractivity contribution is 5.46.